The predicted molar refractivity (Wildman–Crippen MR) is 30.9 cm³/mol. The lowest BCUT2D eigenvalue weighted by atomic mass is 10.3. The molecule has 0 aromatic carbocycles. The van der Waals surface area contributed by atoms with Gasteiger partial charge >= 0.3 is 0 Å². The summed E-state index contributed by atoms with van der Waals surface area (Å²) in [6.45, 7) is 1.01. The number of allylic oxidation sites excluding steroid dienone is 1. The number of hydrogen-bond donors (Lipinski definition) is 1. The maximum atomic E-state index is 8.20. The van der Waals surface area contributed by atoms with Crippen LogP contribution in [-0.4, -0.2) is 6.54 Å². The molecule has 1 N–H and O–H groups in total. The standard InChI is InChI=1S/C6H8N2/c7-4-3-6-2-1-5-8-6/h2,8H,1,3,5H2. The molecule has 1 rings (SSSR count). The molecule has 1 aliphatic rings. The van der Waals surface area contributed by atoms with E-state index in [4.69, 9.17) is 5.26 Å². The van der Waals surface area contributed by atoms with Gasteiger partial charge in [-0.25, -0.2) is 0 Å². The van der Waals surface area contributed by atoms with Crippen molar-refractivity contribution in [2.24, 2.45) is 0 Å². The molecular weight excluding hydrogens is 100 g/mol. The first-order valence-electron chi connectivity index (χ1n) is 2.73. The van der Waals surface area contributed by atoms with Gasteiger partial charge in [-0.15, -0.1) is 0 Å². The Bertz CT molecular complexity index is 141. The minimum atomic E-state index is 0.542. The maximum absolute atomic E-state index is 8.20. The highest BCUT2D eigenvalue weighted by Gasteiger charge is 1.99. The van der Waals surface area contributed by atoms with Gasteiger partial charge in [0.25, 0.3) is 0 Å². The highest BCUT2D eigenvalue weighted by atomic mass is 14.9. The smallest absolute Gasteiger partial charge is 0.0745 e. The fourth-order valence-corrected chi connectivity index (χ4v) is 0.771. The van der Waals surface area contributed by atoms with Gasteiger partial charge in [-0.05, 0) is 6.42 Å². The molecular formula is C6H8N2. The zero-order valence-electron chi connectivity index (χ0n) is 4.65. The van der Waals surface area contributed by atoms with Crippen molar-refractivity contribution in [1.82, 2.24) is 5.32 Å². The van der Waals surface area contributed by atoms with Crippen LogP contribution in [0.5, 0.6) is 0 Å². The Hall–Kier alpha value is -0.970. The zero-order valence-corrected chi connectivity index (χ0v) is 4.65. The Morgan fingerprint density at radius 1 is 1.88 bits per heavy atom. The second-order valence-electron chi connectivity index (χ2n) is 1.78. The summed E-state index contributed by atoms with van der Waals surface area (Å²) < 4.78 is 0. The molecule has 0 spiro atoms. The predicted octanol–water partition coefficient (Wildman–Crippen LogP) is 0.777. The molecule has 0 radical (unpaired) electrons. The third-order valence-corrected chi connectivity index (χ3v) is 1.16. The molecule has 1 aliphatic heterocycles. The van der Waals surface area contributed by atoms with E-state index in [9.17, 15) is 0 Å². The molecule has 0 fully saturated rings. The van der Waals surface area contributed by atoms with Gasteiger partial charge in [0.05, 0.1) is 12.5 Å². The van der Waals surface area contributed by atoms with Crippen LogP contribution in [0, 0.1) is 11.3 Å². The van der Waals surface area contributed by atoms with Gasteiger partial charge in [-0.2, -0.15) is 5.26 Å². The Balaban J connectivity index is 2.36. The summed E-state index contributed by atoms with van der Waals surface area (Å²) in [5.41, 5.74) is 1.09. The summed E-state index contributed by atoms with van der Waals surface area (Å²) in [7, 11) is 0. The van der Waals surface area contributed by atoms with E-state index in [1.807, 2.05) is 0 Å². The van der Waals surface area contributed by atoms with Crippen LogP contribution < -0.4 is 5.32 Å². The lowest BCUT2D eigenvalue weighted by Gasteiger charge is -1.93. The molecule has 0 aromatic heterocycles. The van der Waals surface area contributed by atoms with E-state index in [0.29, 0.717) is 6.42 Å². The van der Waals surface area contributed by atoms with Gasteiger partial charge in [-0.1, -0.05) is 6.08 Å². The van der Waals surface area contributed by atoms with Crippen LogP contribution in [0.3, 0.4) is 0 Å². The number of nitriles is 1. The van der Waals surface area contributed by atoms with Crippen LogP contribution >= 0.6 is 0 Å². The molecule has 0 amide bonds. The Morgan fingerprint density at radius 3 is 3.25 bits per heavy atom. The van der Waals surface area contributed by atoms with E-state index in [0.717, 1.165) is 18.7 Å². The Morgan fingerprint density at radius 2 is 2.75 bits per heavy atom. The van der Waals surface area contributed by atoms with Crippen molar-refractivity contribution in [2.45, 2.75) is 12.8 Å². The average molecular weight is 108 g/mol. The molecule has 0 unspecified atom stereocenters. The second-order valence-corrected chi connectivity index (χ2v) is 1.78. The molecule has 0 saturated heterocycles. The zero-order chi connectivity index (χ0) is 5.82. The molecule has 42 valence electrons. The second kappa shape index (κ2) is 2.37. The molecule has 2 nitrogen and oxygen atoms in total. The van der Waals surface area contributed by atoms with Crippen LogP contribution in [0.1, 0.15) is 12.8 Å². The van der Waals surface area contributed by atoms with Gasteiger partial charge in [0, 0.05) is 12.2 Å². The van der Waals surface area contributed by atoms with E-state index in [2.05, 4.69) is 17.5 Å². The van der Waals surface area contributed by atoms with Crippen LogP contribution in [0.4, 0.5) is 0 Å². The SMILES string of the molecule is N#CCC1=CCCN1. The summed E-state index contributed by atoms with van der Waals surface area (Å²) in [5, 5.41) is 11.3. The van der Waals surface area contributed by atoms with E-state index in [1.165, 1.54) is 0 Å². The Labute approximate surface area is 48.8 Å². The van der Waals surface area contributed by atoms with E-state index < -0.39 is 0 Å². The topological polar surface area (TPSA) is 35.8 Å². The van der Waals surface area contributed by atoms with Crippen LogP contribution in [-0.2, 0) is 0 Å². The maximum Gasteiger partial charge on any atom is 0.0745 e. The van der Waals surface area contributed by atoms with Gasteiger partial charge in [0.1, 0.15) is 0 Å². The molecule has 0 aliphatic carbocycles. The molecule has 1 heterocycles. The fraction of sp³-hybridized carbons (Fsp3) is 0.500. The summed E-state index contributed by atoms with van der Waals surface area (Å²) >= 11 is 0. The van der Waals surface area contributed by atoms with Crippen molar-refractivity contribution < 1.29 is 0 Å². The van der Waals surface area contributed by atoms with Crippen LogP contribution in [0.25, 0.3) is 0 Å². The molecule has 2 heteroatoms. The molecule has 8 heavy (non-hydrogen) atoms. The first kappa shape index (κ1) is 5.17. The molecule has 0 aromatic rings. The van der Waals surface area contributed by atoms with Crippen molar-refractivity contribution in [2.75, 3.05) is 6.54 Å². The van der Waals surface area contributed by atoms with Crippen molar-refractivity contribution in [1.29, 1.82) is 5.26 Å². The molecule has 0 bridgehead atoms. The van der Waals surface area contributed by atoms with Crippen LogP contribution in [0.2, 0.25) is 0 Å². The summed E-state index contributed by atoms with van der Waals surface area (Å²) in [4.78, 5) is 0. The van der Waals surface area contributed by atoms with Crippen molar-refractivity contribution in [3.05, 3.63) is 11.8 Å². The normalized spacial score (nSPS) is 16.6. The first-order valence-corrected chi connectivity index (χ1v) is 2.73. The minimum Gasteiger partial charge on any atom is -0.387 e. The summed E-state index contributed by atoms with van der Waals surface area (Å²) in [6, 6.07) is 2.08. The lowest BCUT2D eigenvalue weighted by molar-refractivity contribution is 0.857. The van der Waals surface area contributed by atoms with Gasteiger partial charge in [-0.3, -0.25) is 0 Å². The number of nitrogens with zero attached hydrogens (tertiary/aromatic N) is 1. The van der Waals surface area contributed by atoms with Crippen LogP contribution in [0.15, 0.2) is 11.8 Å². The van der Waals surface area contributed by atoms with Crippen molar-refractivity contribution >= 4 is 0 Å². The molecule has 0 atom stereocenters. The minimum absolute atomic E-state index is 0.542. The van der Waals surface area contributed by atoms with E-state index in [1.54, 1.807) is 0 Å². The third-order valence-electron chi connectivity index (χ3n) is 1.16. The number of rotatable bonds is 1. The van der Waals surface area contributed by atoms with Crippen molar-refractivity contribution in [3.63, 3.8) is 0 Å². The first-order chi connectivity index (χ1) is 3.93. The number of nitrogens with one attached hydrogen (secondary N) is 1. The number of hydrogen-bond acceptors (Lipinski definition) is 2. The summed E-state index contributed by atoms with van der Waals surface area (Å²) in [5.74, 6) is 0. The monoisotopic (exact) mass is 108 g/mol. The highest BCUT2D eigenvalue weighted by molar-refractivity contribution is 5.09. The quantitative estimate of drug-likeness (QED) is 0.538. The fourth-order valence-electron chi connectivity index (χ4n) is 0.771. The Kier molecular flexibility index (Phi) is 1.53. The van der Waals surface area contributed by atoms with E-state index in [-0.39, 0.29) is 0 Å². The van der Waals surface area contributed by atoms with Gasteiger partial charge in [0.2, 0.25) is 0 Å². The van der Waals surface area contributed by atoms with Gasteiger partial charge in [0.15, 0.2) is 0 Å². The van der Waals surface area contributed by atoms with Gasteiger partial charge < -0.3 is 5.32 Å². The summed E-state index contributed by atoms with van der Waals surface area (Å²) in [6.07, 6.45) is 3.69. The highest BCUT2D eigenvalue weighted by Crippen LogP contribution is 2.03. The largest absolute Gasteiger partial charge is 0.387 e. The third kappa shape index (κ3) is 1.00. The lowest BCUT2D eigenvalue weighted by Crippen LogP contribution is -2.05. The van der Waals surface area contributed by atoms with Crippen molar-refractivity contribution in [3.8, 4) is 6.07 Å². The average Bonchev–Trinajstić information content (AvgIpc) is 2.19. The molecule has 0 saturated carbocycles. The van der Waals surface area contributed by atoms with E-state index >= 15 is 0 Å².